The Morgan fingerprint density at radius 3 is 2.00 bits per heavy atom. The summed E-state index contributed by atoms with van der Waals surface area (Å²) in [4.78, 5) is 0.0184. The molecular formula is C11H19N3O4S2. The van der Waals surface area contributed by atoms with Crippen LogP contribution in [0, 0.1) is 13.8 Å². The number of sulfonamides is 1. The fraction of sp³-hybridized carbons (Fsp3) is 0.727. The molecule has 0 atom stereocenters. The van der Waals surface area contributed by atoms with Crippen LogP contribution in [0.25, 0.3) is 0 Å². The van der Waals surface area contributed by atoms with Crippen LogP contribution in [0.3, 0.4) is 0 Å². The van der Waals surface area contributed by atoms with Gasteiger partial charge in [-0.1, -0.05) is 6.42 Å². The summed E-state index contributed by atoms with van der Waals surface area (Å²) in [5, 5.41) is 3.87. The lowest BCUT2D eigenvalue weighted by Gasteiger charge is -2.25. The predicted molar refractivity (Wildman–Crippen MR) is 74.6 cm³/mol. The van der Waals surface area contributed by atoms with Crippen molar-refractivity contribution in [1.82, 2.24) is 13.5 Å². The molecule has 2 heterocycles. The second-order valence-corrected chi connectivity index (χ2v) is 8.76. The molecule has 0 aromatic carbocycles. The fourth-order valence-corrected chi connectivity index (χ4v) is 5.32. The third kappa shape index (κ3) is 2.61. The van der Waals surface area contributed by atoms with Crippen molar-refractivity contribution in [2.75, 3.05) is 19.3 Å². The molecule has 9 heteroatoms. The number of piperidine rings is 1. The van der Waals surface area contributed by atoms with Crippen molar-refractivity contribution in [3.63, 3.8) is 0 Å². The lowest BCUT2D eigenvalue weighted by atomic mass is 10.2. The summed E-state index contributed by atoms with van der Waals surface area (Å²) >= 11 is 0. The highest BCUT2D eigenvalue weighted by atomic mass is 32.2. The van der Waals surface area contributed by atoms with Gasteiger partial charge in [-0.25, -0.2) is 16.8 Å². The molecule has 20 heavy (non-hydrogen) atoms. The monoisotopic (exact) mass is 321 g/mol. The van der Waals surface area contributed by atoms with Crippen LogP contribution in [0.5, 0.6) is 0 Å². The van der Waals surface area contributed by atoms with Gasteiger partial charge in [0, 0.05) is 13.1 Å². The fourth-order valence-electron chi connectivity index (χ4n) is 2.54. The Morgan fingerprint density at radius 2 is 1.55 bits per heavy atom. The van der Waals surface area contributed by atoms with Gasteiger partial charge < -0.3 is 0 Å². The molecule has 0 saturated carbocycles. The van der Waals surface area contributed by atoms with Crippen molar-refractivity contribution in [3.8, 4) is 0 Å². The lowest BCUT2D eigenvalue weighted by molar-refractivity contribution is 0.346. The largest absolute Gasteiger partial charge is 0.251 e. The Balaban J connectivity index is 2.55. The van der Waals surface area contributed by atoms with Crippen LogP contribution in [-0.4, -0.2) is 49.7 Å². The minimum absolute atomic E-state index is 0.0184. The Bertz CT molecular complexity index is 713. The van der Waals surface area contributed by atoms with Crippen LogP contribution in [0.1, 0.15) is 30.7 Å². The van der Waals surface area contributed by atoms with E-state index in [9.17, 15) is 16.8 Å². The van der Waals surface area contributed by atoms with Crippen LogP contribution < -0.4 is 0 Å². The van der Waals surface area contributed by atoms with Crippen LogP contribution in [0.2, 0.25) is 0 Å². The third-order valence-corrected chi connectivity index (χ3v) is 6.55. The van der Waals surface area contributed by atoms with Crippen molar-refractivity contribution in [2.24, 2.45) is 0 Å². The normalized spacial score (nSPS) is 18.4. The lowest BCUT2D eigenvalue weighted by Crippen LogP contribution is -2.36. The van der Waals surface area contributed by atoms with E-state index in [4.69, 9.17) is 0 Å². The average Bonchev–Trinajstić information content (AvgIpc) is 2.66. The smallest absolute Gasteiger partial charge is 0.207 e. The maximum absolute atomic E-state index is 12.6. The van der Waals surface area contributed by atoms with Crippen molar-refractivity contribution in [3.05, 3.63) is 11.4 Å². The van der Waals surface area contributed by atoms with Crippen molar-refractivity contribution in [2.45, 2.75) is 38.0 Å². The Hall–Kier alpha value is -0.930. The third-order valence-electron chi connectivity index (χ3n) is 3.41. The predicted octanol–water partition coefficient (Wildman–Crippen LogP) is 0.482. The molecule has 0 unspecified atom stereocenters. The van der Waals surface area contributed by atoms with Gasteiger partial charge >= 0.3 is 0 Å². The summed E-state index contributed by atoms with van der Waals surface area (Å²) < 4.78 is 50.7. The standard InChI is InChI=1S/C11H19N3O4S2/c1-9-11(10(2)14(12-9)19(3,15)16)20(17,18)13-7-5-4-6-8-13/h4-8H2,1-3H3. The average molecular weight is 321 g/mol. The number of aryl methyl sites for hydroxylation is 1. The molecule has 2 rings (SSSR count). The number of rotatable bonds is 3. The van der Waals surface area contributed by atoms with E-state index in [2.05, 4.69) is 5.10 Å². The molecule has 114 valence electrons. The van der Waals surface area contributed by atoms with Gasteiger partial charge in [-0.2, -0.15) is 13.5 Å². The van der Waals surface area contributed by atoms with Crippen molar-refractivity contribution < 1.29 is 16.8 Å². The summed E-state index contributed by atoms with van der Waals surface area (Å²) in [6.07, 6.45) is 3.69. The van der Waals surface area contributed by atoms with E-state index in [1.807, 2.05) is 0 Å². The number of hydrogen-bond acceptors (Lipinski definition) is 5. The van der Waals surface area contributed by atoms with E-state index in [1.54, 1.807) is 0 Å². The van der Waals surface area contributed by atoms with E-state index in [0.29, 0.717) is 13.1 Å². The van der Waals surface area contributed by atoms with E-state index in [1.165, 1.54) is 18.2 Å². The van der Waals surface area contributed by atoms with Crippen LogP contribution in [0.15, 0.2) is 4.90 Å². The minimum Gasteiger partial charge on any atom is -0.207 e. The zero-order chi connectivity index (χ0) is 15.1. The first-order valence-corrected chi connectivity index (χ1v) is 9.71. The summed E-state index contributed by atoms with van der Waals surface area (Å²) in [5.74, 6) is 0. The first kappa shape index (κ1) is 15.5. The van der Waals surface area contributed by atoms with Gasteiger partial charge in [0.15, 0.2) is 0 Å². The zero-order valence-electron chi connectivity index (χ0n) is 11.8. The Labute approximate surface area is 119 Å². The molecule has 0 aliphatic carbocycles. The number of hydrogen-bond donors (Lipinski definition) is 0. The zero-order valence-corrected chi connectivity index (χ0v) is 13.5. The van der Waals surface area contributed by atoms with E-state index >= 15 is 0 Å². The molecule has 0 radical (unpaired) electrons. The maximum Gasteiger partial charge on any atom is 0.251 e. The molecule has 1 aliphatic heterocycles. The van der Waals surface area contributed by atoms with Gasteiger partial charge in [0.2, 0.25) is 10.0 Å². The highest BCUT2D eigenvalue weighted by molar-refractivity contribution is 7.90. The molecule has 1 fully saturated rings. The SMILES string of the molecule is Cc1nn(S(C)(=O)=O)c(C)c1S(=O)(=O)N1CCCCC1. The van der Waals surface area contributed by atoms with E-state index < -0.39 is 20.0 Å². The van der Waals surface area contributed by atoms with Gasteiger partial charge in [0.1, 0.15) is 4.90 Å². The quantitative estimate of drug-likeness (QED) is 0.808. The second-order valence-electron chi connectivity index (χ2n) is 5.07. The molecule has 1 aliphatic rings. The van der Waals surface area contributed by atoms with Crippen LogP contribution >= 0.6 is 0 Å². The summed E-state index contributed by atoms with van der Waals surface area (Å²) in [7, 11) is -7.28. The molecule has 0 amide bonds. The highest BCUT2D eigenvalue weighted by Crippen LogP contribution is 2.26. The van der Waals surface area contributed by atoms with Gasteiger partial charge in [0.25, 0.3) is 10.0 Å². The molecule has 1 aromatic heterocycles. The van der Waals surface area contributed by atoms with Gasteiger partial charge in [-0.05, 0) is 26.7 Å². The Kier molecular flexibility index (Phi) is 3.96. The molecular weight excluding hydrogens is 302 g/mol. The van der Waals surface area contributed by atoms with Crippen LogP contribution in [0.4, 0.5) is 0 Å². The van der Waals surface area contributed by atoms with Crippen LogP contribution in [-0.2, 0) is 20.0 Å². The molecule has 1 aromatic rings. The summed E-state index contributed by atoms with van der Waals surface area (Å²) in [6, 6.07) is 0. The maximum atomic E-state index is 12.6. The number of aromatic nitrogens is 2. The van der Waals surface area contributed by atoms with Gasteiger partial charge in [-0.15, -0.1) is 0 Å². The summed E-state index contributed by atoms with van der Waals surface area (Å²) in [6.45, 7) is 3.94. The molecule has 0 spiro atoms. The molecule has 7 nitrogen and oxygen atoms in total. The molecule has 0 N–H and O–H groups in total. The number of nitrogens with zero attached hydrogens (tertiary/aromatic N) is 3. The van der Waals surface area contributed by atoms with Crippen molar-refractivity contribution in [1.29, 1.82) is 0 Å². The topological polar surface area (TPSA) is 89.3 Å². The van der Waals surface area contributed by atoms with Gasteiger partial charge in [0.05, 0.1) is 17.6 Å². The first-order chi connectivity index (χ1) is 9.15. The van der Waals surface area contributed by atoms with Crippen molar-refractivity contribution >= 4 is 20.0 Å². The summed E-state index contributed by atoms with van der Waals surface area (Å²) in [5.41, 5.74) is 0.370. The highest BCUT2D eigenvalue weighted by Gasteiger charge is 2.33. The Morgan fingerprint density at radius 1 is 1.00 bits per heavy atom. The second kappa shape index (κ2) is 5.12. The van der Waals surface area contributed by atoms with E-state index in [-0.39, 0.29) is 16.3 Å². The molecule has 1 saturated heterocycles. The van der Waals surface area contributed by atoms with Gasteiger partial charge in [-0.3, -0.25) is 0 Å². The molecule has 0 bridgehead atoms. The minimum atomic E-state index is -3.68. The first-order valence-electron chi connectivity index (χ1n) is 6.42. The van der Waals surface area contributed by atoms with E-state index in [0.717, 1.165) is 29.6 Å².